The molecule has 0 unspecified atom stereocenters. The van der Waals surface area contributed by atoms with Crippen molar-refractivity contribution < 1.29 is 17.6 Å². The molecule has 0 N–H and O–H groups in total. The zero-order valence-electron chi connectivity index (χ0n) is 14.9. The summed E-state index contributed by atoms with van der Waals surface area (Å²) in [6.07, 6.45) is 0.471. The highest BCUT2D eigenvalue weighted by Crippen LogP contribution is 2.21. The van der Waals surface area contributed by atoms with Crippen LogP contribution >= 0.6 is 11.6 Å². The number of carbonyl (C=O) groups excluding carboxylic acids is 1. The summed E-state index contributed by atoms with van der Waals surface area (Å²) >= 11 is 5.87. The van der Waals surface area contributed by atoms with Gasteiger partial charge in [-0.15, -0.1) is 0 Å². The van der Waals surface area contributed by atoms with Crippen molar-refractivity contribution in [2.75, 3.05) is 26.2 Å². The van der Waals surface area contributed by atoms with Crippen LogP contribution in [-0.2, 0) is 10.0 Å². The topological polar surface area (TPSA) is 57.7 Å². The molecule has 2 aromatic carbocycles. The van der Waals surface area contributed by atoms with Gasteiger partial charge in [0.2, 0.25) is 10.0 Å². The zero-order valence-corrected chi connectivity index (χ0v) is 16.4. The second kappa shape index (κ2) is 7.96. The second-order valence-electron chi connectivity index (χ2n) is 6.49. The molecule has 0 radical (unpaired) electrons. The van der Waals surface area contributed by atoms with Crippen molar-refractivity contribution in [1.82, 2.24) is 9.21 Å². The number of hydrogen-bond donors (Lipinski definition) is 0. The molecular formula is C19H20ClFN2O3S. The van der Waals surface area contributed by atoms with E-state index in [9.17, 15) is 17.6 Å². The van der Waals surface area contributed by atoms with E-state index in [1.54, 1.807) is 24.3 Å². The molecule has 0 atom stereocenters. The summed E-state index contributed by atoms with van der Waals surface area (Å²) in [4.78, 5) is 14.4. The molecule has 0 saturated carbocycles. The maximum atomic E-state index is 14.0. The quantitative estimate of drug-likeness (QED) is 0.779. The van der Waals surface area contributed by atoms with Crippen molar-refractivity contribution in [3.63, 3.8) is 0 Å². The van der Waals surface area contributed by atoms with Crippen molar-refractivity contribution in [3.05, 3.63) is 64.4 Å². The number of benzene rings is 2. The molecular weight excluding hydrogens is 391 g/mol. The smallest absolute Gasteiger partial charge is 0.256 e. The first-order valence-corrected chi connectivity index (χ1v) is 10.4. The van der Waals surface area contributed by atoms with E-state index in [1.165, 1.54) is 21.3 Å². The van der Waals surface area contributed by atoms with Crippen LogP contribution in [0.25, 0.3) is 0 Å². The van der Waals surface area contributed by atoms with Crippen molar-refractivity contribution in [2.24, 2.45) is 0 Å². The van der Waals surface area contributed by atoms with Crippen LogP contribution in [0.1, 0.15) is 22.3 Å². The van der Waals surface area contributed by atoms with Gasteiger partial charge in [-0.1, -0.05) is 29.3 Å². The molecule has 0 bridgehead atoms. The summed E-state index contributed by atoms with van der Waals surface area (Å²) in [7, 11) is -3.63. The Morgan fingerprint density at radius 3 is 2.44 bits per heavy atom. The fourth-order valence-electron chi connectivity index (χ4n) is 3.03. The van der Waals surface area contributed by atoms with E-state index in [4.69, 9.17) is 11.6 Å². The normalized spacial score (nSPS) is 16.2. The minimum atomic E-state index is -3.63. The Morgan fingerprint density at radius 1 is 1.04 bits per heavy atom. The molecule has 3 rings (SSSR count). The third-order valence-electron chi connectivity index (χ3n) is 4.56. The van der Waals surface area contributed by atoms with E-state index in [0.29, 0.717) is 19.5 Å². The number of rotatable bonds is 3. The van der Waals surface area contributed by atoms with Gasteiger partial charge < -0.3 is 4.90 Å². The van der Waals surface area contributed by atoms with Gasteiger partial charge in [-0.25, -0.2) is 12.8 Å². The fraction of sp³-hybridized carbons (Fsp3) is 0.316. The van der Waals surface area contributed by atoms with E-state index >= 15 is 0 Å². The van der Waals surface area contributed by atoms with Crippen LogP contribution in [0.15, 0.2) is 47.4 Å². The third kappa shape index (κ3) is 4.31. The number of sulfonamides is 1. The summed E-state index contributed by atoms with van der Waals surface area (Å²) in [6, 6.07) is 10.5. The van der Waals surface area contributed by atoms with Crippen molar-refractivity contribution >= 4 is 27.5 Å². The molecule has 144 valence electrons. The van der Waals surface area contributed by atoms with Gasteiger partial charge in [0.1, 0.15) is 5.82 Å². The molecule has 5 nitrogen and oxygen atoms in total. The third-order valence-corrected chi connectivity index (χ3v) is 6.71. The van der Waals surface area contributed by atoms with Gasteiger partial charge in [0.05, 0.1) is 10.5 Å². The maximum Gasteiger partial charge on any atom is 0.256 e. The highest BCUT2D eigenvalue weighted by molar-refractivity contribution is 7.89. The lowest BCUT2D eigenvalue weighted by molar-refractivity contribution is 0.0759. The van der Waals surface area contributed by atoms with E-state index in [0.717, 1.165) is 11.6 Å². The summed E-state index contributed by atoms with van der Waals surface area (Å²) in [5.74, 6) is -1.12. The Labute approximate surface area is 163 Å². The molecule has 0 aliphatic carbocycles. The Kier molecular flexibility index (Phi) is 5.83. The molecule has 0 aromatic heterocycles. The van der Waals surface area contributed by atoms with Gasteiger partial charge in [0.15, 0.2) is 0 Å². The van der Waals surface area contributed by atoms with Crippen LogP contribution in [0.3, 0.4) is 0 Å². The number of amides is 1. The summed E-state index contributed by atoms with van der Waals surface area (Å²) < 4.78 is 41.0. The highest BCUT2D eigenvalue weighted by atomic mass is 35.5. The zero-order chi connectivity index (χ0) is 19.6. The Morgan fingerprint density at radius 2 is 1.74 bits per heavy atom. The maximum absolute atomic E-state index is 14.0. The van der Waals surface area contributed by atoms with E-state index in [1.807, 2.05) is 6.92 Å². The summed E-state index contributed by atoms with van der Waals surface area (Å²) in [5, 5.41) is 0.276. The second-order valence-corrected chi connectivity index (χ2v) is 8.86. The molecule has 1 fully saturated rings. The predicted molar refractivity (Wildman–Crippen MR) is 102 cm³/mol. The number of nitrogens with zero attached hydrogens (tertiary/aromatic N) is 2. The number of hydrogen-bond acceptors (Lipinski definition) is 3. The molecule has 1 saturated heterocycles. The molecule has 2 aromatic rings. The van der Waals surface area contributed by atoms with Crippen molar-refractivity contribution in [1.29, 1.82) is 0 Å². The van der Waals surface area contributed by atoms with Crippen molar-refractivity contribution in [2.45, 2.75) is 18.2 Å². The average Bonchev–Trinajstić information content (AvgIpc) is 2.90. The lowest BCUT2D eigenvalue weighted by Gasteiger charge is -2.22. The monoisotopic (exact) mass is 410 g/mol. The van der Waals surface area contributed by atoms with Gasteiger partial charge in [0, 0.05) is 31.2 Å². The van der Waals surface area contributed by atoms with Crippen LogP contribution in [0.2, 0.25) is 5.02 Å². The van der Waals surface area contributed by atoms with Gasteiger partial charge in [-0.3, -0.25) is 4.79 Å². The van der Waals surface area contributed by atoms with E-state index in [-0.39, 0.29) is 28.6 Å². The van der Waals surface area contributed by atoms with Crippen molar-refractivity contribution in [3.8, 4) is 0 Å². The minimum absolute atomic E-state index is 0.0997. The molecule has 1 amide bonds. The van der Waals surface area contributed by atoms with Crippen LogP contribution in [0.4, 0.5) is 4.39 Å². The first kappa shape index (κ1) is 19.8. The number of carbonyl (C=O) groups is 1. The summed E-state index contributed by atoms with van der Waals surface area (Å²) in [6.45, 7) is 2.89. The summed E-state index contributed by atoms with van der Waals surface area (Å²) in [5.41, 5.74) is 0.877. The Bertz CT molecular complexity index is 948. The number of halogens is 2. The first-order valence-electron chi connectivity index (χ1n) is 8.60. The minimum Gasteiger partial charge on any atom is -0.337 e. The van der Waals surface area contributed by atoms with Gasteiger partial charge in [-0.2, -0.15) is 4.31 Å². The van der Waals surface area contributed by atoms with Crippen LogP contribution in [0, 0.1) is 12.7 Å². The molecule has 8 heteroatoms. The van der Waals surface area contributed by atoms with Gasteiger partial charge >= 0.3 is 0 Å². The van der Waals surface area contributed by atoms with E-state index < -0.39 is 21.7 Å². The Hall–Kier alpha value is -1.96. The van der Waals surface area contributed by atoms with E-state index in [2.05, 4.69) is 0 Å². The lowest BCUT2D eigenvalue weighted by atomic mass is 10.2. The fourth-order valence-corrected chi connectivity index (χ4v) is 4.67. The first-order chi connectivity index (χ1) is 12.8. The average molecular weight is 411 g/mol. The largest absolute Gasteiger partial charge is 0.337 e. The predicted octanol–water partition coefficient (Wildman–Crippen LogP) is 3.32. The SMILES string of the molecule is Cc1ccc(S(=O)(=O)N2CCCN(C(=O)c3cc(Cl)ccc3F)CC2)cc1. The molecule has 27 heavy (non-hydrogen) atoms. The van der Waals surface area contributed by atoms with Gasteiger partial charge in [-0.05, 0) is 43.7 Å². The van der Waals surface area contributed by atoms with Crippen LogP contribution < -0.4 is 0 Å². The molecule has 1 aliphatic heterocycles. The van der Waals surface area contributed by atoms with Crippen LogP contribution in [0.5, 0.6) is 0 Å². The standard InChI is InChI=1S/C19H20ClFN2O3S/c1-14-3-6-16(7-4-14)27(25,26)23-10-2-9-22(11-12-23)19(24)17-13-15(20)5-8-18(17)21/h3-8,13H,2,9-12H2,1H3. The highest BCUT2D eigenvalue weighted by Gasteiger charge is 2.29. The Balaban J connectivity index is 1.76. The van der Waals surface area contributed by atoms with Crippen LogP contribution in [-0.4, -0.2) is 49.7 Å². The van der Waals surface area contributed by atoms with Gasteiger partial charge in [0.25, 0.3) is 5.91 Å². The number of aryl methyl sites for hydroxylation is 1. The lowest BCUT2D eigenvalue weighted by Crippen LogP contribution is -2.37. The molecule has 1 heterocycles. The molecule has 0 spiro atoms. The molecule has 1 aliphatic rings.